The van der Waals surface area contributed by atoms with Crippen LogP contribution in [-0.4, -0.2) is 17.6 Å². The second-order valence-electron chi connectivity index (χ2n) is 6.04. The van der Waals surface area contributed by atoms with Crippen molar-refractivity contribution < 1.29 is 22.7 Å². The SMILES string of the molecule is CCOC(=O)C1=C(C)Nc2cc[nH]c(=O)c2C1c1ccccc1C(F)(F)F. The summed E-state index contributed by atoms with van der Waals surface area (Å²) in [5, 5.41) is 2.93. The molecule has 0 aliphatic carbocycles. The third-order valence-electron chi connectivity index (χ3n) is 4.38. The van der Waals surface area contributed by atoms with E-state index in [0.29, 0.717) is 11.4 Å². The van der Waals surface area contributed by atoms with Gasteiger partial charge in [-0.1, -0.05) is 18.2 Å². The van der Waals surface area contributed by atoms with Crippen LogP contribution >= 0.6 is 0 Å². The van der Waals surface area contributed by atoms with Crippen molar-refractivity contribution in [2.24, 2.45) is 0 Å². The standard InChI is InChI=1S/C19H17F3N2O3/c1-3-27-18(26)14-10(2)24-13-8-9-23-17(25)16(13)15(14)11-6-4-5-7-12(11)19(20,21)22/h4-9,15,24H,3H2,1-2H3,(H,23,25). The van der Waals surface area contributed by atoms with Gasteiger partial charge < -0.3 is 15.0 Å². The van der Waals surface area contributed by atoms with Gasteiger partial charge in [-0.05, 0) is 31.5 Å². The highest BCUT2D eigenvalue weighted by molar-refractivity contribution is 5.94. The Bertz CT molecular complexity index is 977. The van der Waals surface area contributed by atoms with Gasteiger partial charge in [-0.3, -0.25) is 4.79 Å². The number of aromatic nitrogens is 1. The summed E-state index contributed by atoms with van der Waals surface area (Å²) < 4.78 is 45.9. The van der Waals surface area contributed by atoms with Crippen LogP contribution in [0.5, 0.6) is 0 Å². The van der Waals surface area contributed by atoms with Crippen LogP contribution in [0, 0.1) is 0 Å². The molecule has 2 N–H and O–H groups in total. The molecule has 1 aromatic heterocycles. The fraction of sp³-hybridized carbons (Fsp3) is 0.263. The number of nitrogens with one attached hydrogen (secondary N) is 2. The number of anilines is 1. The molecule has 0 fully saturated rings. The maximum atomic E-state index is 13.6. The molecule has 0 saturated carbocycles. The molecule has 8 heteroatoms. The molecule has 0 saturated heterocycles. The van der Waals surface area contributed by atoms with E-state index >= 15 is 0 Å². The molecule has 27 heavy (non-hydrogen) atoms. The summed E-state index contributed by atoms with van der Waals surface area (Å²) in [5.41, 5.74) is -0.927. The number of carbonyl (C=O) groups is 1. The van der Waals surface area contributed by atoms with Gasteiger partial charge in [0.25, 0.3) is 5.56 Å². The van der Waals surface area contributed by atoms with Gasteiger partial charge in [-0.25, -0.2) is 4.79 Å². The lowest BCUT2D eigenvalue weighted by Crippen LogP contribution is -2.31. The Hall–Kier alpha value is -3.03. The summed E-state index contributed by atoms with van der Waals surface area (Å²) >= 11 is 0. The van der Waals surface area contributed by atoms with Crippen LogP contribution in [0.4, 0.5) is 18.9 Å². The molecule has 1 aliphatic heterocycles. The third-order valence-corrected chi connectivity index (χ3v) is 4.38. The molecule has 0 amide bonds. The molecule has 5 nitrogen and oxygen atoms in total. The lowest BCUT2D eigenvalue weighted by atomic mass is 9.79. The minimum Gasteiger partial charge on any atom is -0.463 e. The van der Waals surface area contributed by atoms with E-state index in [4.69, 9.17) is 4.74 Å². The number of rotatable bonds is 3. The largest absolute Gasteiger partial charge is 0.463 e. The van der Waals surface area contributed by atoms with Crippen molar-refractivity contribution >= 4 is 11.7 Å². The van der Waals surface area contributed by atoms with Gasteiger partial charge in [0.2, 0.25) is 0 Å². The van der Waals surface area contributed by atoms with Crippen LogP contribution in [0.15, 0.2) is 52.6 Å². The van der Waals surface area contributed by atoms with Crippen molar-refractivity contribution in [3.05, 3.63) is 74.8 Å². The van der Waals surface area contributed by atoms with Crippen molar-refractivity contribution in [1.82, 2.24) is 4.98 Å². The number of alkyl halides is 3. The lowest BCUT2D eigenvalue weighted by Gasteiger charge is -2.30. The molecular weight excluding hydrogens is 361 g/mol. The number of fused-ring (bicyclic) bond motifs is 1. The molecular formula is C19H17F3N2O3. The highest BCUT2D eigenvalue weighted by Gasteiger charge is 2.41. The fourth-order valence-corrected chi connectivity index (χ4v) is 3.31. The summed E-state index contributed by atoms with van der Waals surface area (Å²) in [6.07, 6.45) is -3.25. The summed E-state index contributed by atoms with van der Waals surface area (Å²) in [4.78, 5) is 27.5. The van der Waals surface area contributed by atoms with E-state index in [-0.39, 0.29) is 23.3 Å². The minimum atomic E-state index is -4.64. The molecule has 0 radical (unpaired) electrons. The van der Waals surface area contributed by atoms with Gasteiger partial charge in [0.15, 0.2) is 0 Å². The summed E-state index contributed by atoms with van der Waals surface area (Å²) in [6.45, 7) is 3.23. The summed E-state index contributed by atoms with van der Waals surface area (Å²) in [5.74, 6) is -1.97. The number of carbonyl (C=O) groups excluding carboxylic acids is 1. The number of pyridine rings is 1. The number of ether oxygens (including phenoxy) is 1. The van der Waals surface area contributed by atoms with Crippen molar-refractivity contribution in [1.29, 1.82) is 0 Å². The van der Waals surface area contributed by atoms with Gasteiger partial charge in [0, 0.05) is 17.6 Å². The Morgan fingerprint density at radius 3 is 2.59 bits per heavy atom. The van der Waals surface area contributed by atoms with Crippen LogP contribution in [0.2, 0.25) is 0 Å². The van der Waals surface area contributed by atoms with Crippen molar-refractivity contribution in [2.45, 2.75) is 25.9 Å². The van der Waals surface area contributed by atoms with Crippen molar-refractivity contribution in [3.8, 4) is 0 Å². The average Bonchev–Trinajstić information content (AvgIpc) is 2.60. The topological polar surface area (TPSA) is 71.2 Å². The number of hydrogen-bond donors (Lipinski definition) is 2. The van der Waals surface area contributed by atoms with Crippen molar-refractivity contribution in [2.75, 3.05) is 11.9 Å². The monoisotopic (exact) mass is 378 g/mol. The maximum Gasteiger partial charge on any atom is 0.416 e. The van der Waals surface area contributed by atoms with E-state index in [2.05, 4.69) is 10.3 Å². The van der Waals surface area contributed by atoms with Gasteiger partial charge in [0.1, 0.15) is 0 Å². The quantitative estimate of drug-likeness (QED) is 0.798. The second-order valence-corrected chi connectivity index (χ2v) is 6.04. The average molecular weight is 378 g/mol. The Labute approximate surface area is 152 Å². The van der Waals surface area contributed by atoms with E-state index in [1.54, 1.807) is 19.9 Å². The third kappa shape index (κ3) is 3.34. The molecule has 1 atom stereocenters. The highest BCUT2D eigenvalue weighted by atomic mass is 19.4. The second kappa shape index (κ2) is 6.94. The first-order chi connectivity index (χ1) is 12.8. The normalized spacial score (nSPS) is 16.6. The first kappa shape index (κ1) is 18.8. The molecule has 0 spiro atoms. The smallest absolute Gasteiger partial charge is 0.416 e. The zero-order chi connectivity index (χ0) is 19.8. The Morgan fingerprint density at radius 1 is 1.22 bits per heavy atom. The number of halogens is 3. The molecule has 1 aliphatic rings. The molecule has 3 rings (SSSR count). The Kier molecular flexibility index (Phi) is 4.82. The number of hydrogen-bond acceptors (Lipinski definition) is 4. The first-order valence-electron chi connectivity index (χ1n) is 8.28. The Balaban J connectivity index is 2.34. The minimum absolute atomic E-state index is 0.0160. The van der Waals surface area contributed by atoms with E-state index < -0.39 is 29.2 Å². The predicted octanol–water partition coefficient (Wildman–Crippen LogP) is 3.79. The van der Waals surface area contributed by atoms with Gasteiger partial charge >= 0.3 is 12.1 Å². The molecule has 1 unspecified atom stereocenters. The predicted molar refractivity (Wildman–Crippen MR) is 93.3 cm³/mol. The first-order valence-corrected chi connectivity index (χ1v) is 8.28. The van der Waals surface area contributed by atoms with Crippen LogP contribution < -0.4 is 10.9 Å². The van der Waals surface area contributed by atoms with Crippen LogP contribution in [-0.2, 0) is 15.7 Å². The lowest BCUT2D eigenvalue weighted by molar-refractivity contribution is -0.140. The number of benzene rings is 1. The molecule has 2 heterocycles. The van der Waals surface area contributed by atoms with Gasteiger partial charge in [-0.2, -0.15) is 13.2 Å². The maximum absolute atomic E-state index is 13.6. The fourth-order valence-electron chi connectivity index (χ4n) is 3.31. The number of allylic oxidation sites excluding steroid dienone is 1. The van der Waals surface area contributed by atoms with Crippen molar-refractivity contribution in [3.63, 3.8) is 0 Å². The molecule has 0 bridgehead atoms. The van der Waals surface area contributed by atoms with Crippen LogP contribution in [0.25, 0.3) is 0 Å². The molecule has 2 aromatic rings. The van der Waals surface area contributed by atoms with Gasteiger partial charge in [0.05, 0.1) is 29.2 Å². The number of aromatic amines is 1. The van der Waals surface area contributed by atoms with Crippen LogP contribution in [0.3, 0.4) is 0 Å². The van der Waals surface area contributed by atoms with E-state index in [0.717, 1.165) is 6.07 Å². The van der Waals surface area contributed by atoms with E-state index in [1.807, 2.05) is 0 Å². The Morgan fingerprint density at radius 2 is 1.93 bits per heavy atom. The summed E-state index contributed by atoms with van der Waals surface area (Å²) in [7, 11) is 0. The zero-order valence-electron chi connectivity index (χ0n) is 14.6. The molecule has 142 valence electrons. The van der Waals surface area contributed by atoms with E-state index in [1.165, 1.54) is 24.4 Å². The van der Waals surface area contributed by atoms with Gasteiger partial charge in [-0.15, -0.1) is 0 Å². The van der Waals surface area contributed by atoms with E-state index in [9.17, 15) is 22.8 Å². The molecule has 1 aromatic carbocycles. The number of esters is 1. The van der Waals surface area contributed by atoms with Crippen LogP contribution in [0.1, 0.15) is 36.5 Å². The zero-order valence-corrected chi connectivity index (χ0v) is 14.6. The number of H-pyrrole nitrogens is 1. The summed E-state index contributed by atoms with van der Waals surface area (Å²) in [6, 6.07) is 6.48. The highest BCUT2D eigenvalue weighted by Crippen LogP contribution is 2.44.